The van der Waals surface area contributed by atoms with Crippen LogP contribution in [0.15, 0.2) is 48.5 Å². The van der Waals surface area contributed by atoms with E-state index in [1.165, 1.54) is 12.1 Å². The number of carboxylic acids is 1. The second-order valence-corrected chi connectivity index (χ2v) is 4.69. The predicted octanol–water partition coefficient (Wildman–Crippen LogP) is 2.94. The summed E-state index contributed by atoms with van der Waals surface area (Å²) < 4.78 is 11.3. The zero-order valence-corrected chi connectivity index (χ0v) is 10.8. The number of fused-ring (bicyclic) bond motifs is 1. The van der Waals surface area contributed by atoms with Crippen LogP contribution in [0.1, 0.15) is 21.8 Å². The fraction of sp³-hybridized carbons (Fsp3) is 0.188. The van der Waals surface area contributed by atoms with E-state index in [4.69, 9.17) is 14.6 Å². The minimum Gasteiger partial charge on any atom is -0.493 e. The molecule has 102 valence electrons. The summed E-state index contributed by atoms with van der Waals surface area (Å²) in [5.41, 5.74) is 1.42. The molecule has 1 N–H and O–H groups in total. The van der Waals surface area contributed by atoms with Gasteiger partial charge in [0.2, 0.25) is 0 Å². The number of para-hydroxylation sites is 1. The first-order valence-electron chi connectivity index (χ1n) is 6.42. The first kappa shape index (κ1) is 12.5. The van der Waals surface area contributed by atoms with Gasteiger partial charge in [0.15, 0.2) is 0 Å². The van der Waals surface area contributed by atoms with E-state index in [0.717, 1.165) is 11.3 Å². The fourth-order valence-corrected chi connectivity index (χ4v) is 2.26. The number of ether oxygens (including phenoxy) is 2. The van der Waals surface area contributed by atoms with Crippen molar-refractivity contribution in [3.8, 4) is 11.5 Å². The maximum Gasteiger partial charge on any atom is 0.335 e. The van der Waals surface area contributed by atoms with Crippen LogP contribution in [0.25, 0.3) is 0 Å². The molecule has 4 heteroatoms. The van der Waals surface area contributed by atoms with Gasteiger partial charge in [0.25, 0.3) is 0 Å². The minimum absolute atomic E-state index is 0.213. The van der Waals surface area contributed by atoms with Crippen LogP contribution in [0, 0.1) is 0 Å². The van der Waals surface area contributed by atoms with Crippen molar-refractivity contribution in [2.24, 2.45) is 0 Å². The van der Waals surface area contributed by atoms with E-state index >= 15 is 0 Å². The normalized spacial score (nSPS) is 16.3. The molecule has 1 aliphatic rings. The van der Waals surface area contributed by atoms with Crippen molar-refractivity contribution in [2.45, 2.75) is 5.92 Å². The molecule has 0 saturated heterocycles. The van der Waals surface area contributed by atoms with Crippen LogP contribution in [-0.2, 0) is 0 Å². The molecule has 20 heavy (non-hydrogen) atoms. The van der Waals surface area contributed by atoms with Gasteiger partial charge < -0.3 is 14.6 Å². The molecule has 2 aromatic carbocycles. The number of benzene rings is 2. The van der Waals surface area contributed by atoms with Crippen molar-refractivity contribution >= 4 is 5.97 Å². The van der Waals surface area contributed by atoms with Crippen LogP contribution >= 0.6 is 0 Å². The average Bonchev–Trinajstić information content (AvgIpc) is 2.89. The number of carbonyl (C=O) groups is 1. The molecular weight excluding hydrogens is 256 g/mol. The summed E-state index contributed by atoms with van der Waals surface area (Å²) in [6.07, 6.45) is 0. The minimum atomic E-state index is -0.935. The van der Waals surface area contributed by atoms with Gasteiger partial charge >= 0.3 is 5.97 Å². The molecule has 1 unspecified atom stereocenters. The van der Waals surface area contributed by atoms with E-state index in [0.29, 0.717) is 19.0 Å². The molecule has 0 aliphatic carbocycles. The Hall–Kier alpha value is -2.49. The van der Waals surface area contributed by atoms with Gasteiger partial charge in [-0.25, -0.2) is 4.79 Å². The van der Waals surface area contributed by atoms with Crippen molar-refractivity contribution in [1.29, 1.82) is 0 Å². The number of carboxylic acid groups (broad SMARTS) is 1. The van der Waals surface area contributed by atoms with Gasteiger partial charge in [0, 0.05) is 5.56 Å². The molecule has 0 bridgehead atoms. The topological polar surface area (TPSA) is 55.8 Å². The Bertz CT molecular complexity index is 619. The lowest BCUT2D eigenvalue weighted by Crippen LogP contribution is -2.11. The summed E-state index contributed by atoms with van der Waals surface area (Å²) in [6, 6.07) is 14.4. The fourth-order valence-electron chi connectivity index (χ4n) is 2.26. The molecule has 0 aromatic heterocycles. The van der Waals surface area contributed by atoms with E-state index in [9.17, 15) is 4.79 Å². The highest BCUT2D eigenvalue weighted by atomic mass is 16.5. The molecule has 2 aromatic rings. The molecular formula is C16H14O4. The SMILES string of the molecule is O=C(O)c1ccc(OCC2COc3ccccc32)cc1. The second-order valence-electron chi connectivity index (χ2n) is 4.69. The molecule has 3 rings (SSSR count). The maximum absolute atomic E-state index is 10.8. The summed E-state index contributed by atoms with van der Waals surface area (Å²) in [5.74, 6) is 0.863. The molecule has 1 atom stereocenters. The van der Waals surface area contributed by atoms with E-state index in [2.05, 4.69) is 0 Å². The maximum atomic E-state index is 10.8. The van der Waals surface area contributed by atoms with Gasteiger partial charge in [-0.3, -0.25) is 0 Å². The summed E-state index contributed by atoms with van der Waals surface area (Å²) in [6.45, 7) is 1.13. The number of hydrogen-bond donors (Lipinski definition) is 1. The van der Waals surface area contributed by atoms with Crippen molar-refractivity contribution in [3.05, 3.63) is 59.7 Å². The monoisotopic (exact) mass is 270 g/mol. The zero-order valence-electron chi connectivity index (χ0n) is 10.8. The molecule has 4 nitrogen and oxygen atoms in total. The second kappa shape index (κ2) is 5.25. The molecule has 0 radical (unpaired) electrons. The molecule has 1 aliphatic heterocycles. The average molecular weight is 270 g/mol. The van der Waals surface area contributed by atoms with Crippen LogP contribution in [-0.4, -0.2) is 24.3 Å². The number of aromatic carboxylic acids is 1. The van der Waals surface area contributed by atoms with Gasteiger partial charge in [-0.1, -0.05) is 18.2 Å². The Morgan fingerprint density at radius 1 is 1.20 bits per heavy atom. The van der Waals surface area contributed by atoms with Gasteiger partial charge in [-0.15, -0.1) is 0 Å². The summed E-state index contributed by atoms with van der Waals surface area (Å²) >= 11 is 0. The standard InChI is InChI=1S/C16H14O4/c17-16(18)11-5-7-13(8-6-11)19-9-12-10-20-15-4-2-1-3-14(12)15/h1-8,12H,9-10H2,(H,17,18). The first-order valence-corrected chi connectivity index (χ1v) is 6.42. The first-order chi connectivity index (χ1) is 9.74. The van der Waals surface area contributed by atoms with Gasteiger partial charge in [-0.05, 0) is 30.3 Å². The van der Waals surface area contributed by atoms with Gasteiger partial charge in [0.1, 0.15) is 11.5 Å². The Morgan fingerprint density at radius 2 is 1.95 bits per heavy atom. The predicted molar refractivity (Wildman–Crippen MR) is 73.6 cm³/mol. The van der Waals surface area contributed by atoms with E-state index < -0.39 is 5.97 Å². The quantitative estimate of drug-likeness (QED) is 0.928. The zero-order chi connectivity index (χ0) is 13.9. The molecule has 0 fully saturated rings. The lowest BCUT2D eigenvalue weighted by molar-refractivity contribution is 0.0697. The molecule has 0 spiro atoms. The van der Waals surface area contributed by atoms with E-state index in [1.807, 2.05) is 24.3 Å². The highest BCUT2D eigenvalue weighted by Gasteiger charge is 2.24. The van der Waals surface area contributed by atoms with Crippen LogP contribution in [0.3, 0.4) is 0 Å². The van der Waals surface area contributed by atoms with Crippen LogP contribution < -0.4 is 9.47 Å². The highest BCUT2D eigenvalue weighted by Crippen LogP contribution is 2.33. The van der Waals surface area contributed by atoms with Crippen LogP contribution in [0.2, 0.25) is 0 Å². The lowest BCUT2D eigenvalue weighted by atomic mass is 10.0. The smallest absolute Gasteiger partial charge is 0.335 e. The van der Waals surface area contributed by atoms with E-state index in [1.54, 1.807) is 12.1 Å². The van der Waals surface area contributed by atoms with Gasteiger partial charge in [0.05, 0.1) is 24.7 Å². The molecule has 1 heterocycles. The van der Waals surface area contributed by atoms with Crippen LogP contribution in [0.5, 0.6) is 11.5 Å². The lowest BCUT2D eigenvalue weighted by Gasteiger charge is -2.11. The Labute approximate surface area is 116 Å². The van der Waals surface area contributed by atoms with E-state index in [-0.39, 0.29) is 11.5 Å². The Kier molecular flexibility index (Phi) is 3.29. The molecule has 0 saturated carbocycles. The van der Waals surface area contributed by atoms with Crippen LogP contribution in [0.4, 0.5) is 0 Å². The third kappa shape index (κ3) is 2.45. The third-order valence-electron chi connectivity index (χ3n) is 3.35. The Balaban J connectivity index is 1.64. The Morgan fingerprint density at radius 3 is 2.70 bits per heavy atom. The largest absolute Gasteiger partial charge is 0.493 e. The van der Waals surface area contributed by atoms with Crippen molar-refractivity contribution in [1.82, 2.24) is 0 Å². The molecule has 0 amide bonds. The number of hydrogen-bond acceptors (Lipinski definition) is 3. The summed E-state index contributed by atoms with van der Waals surface area (Å²) in [7, 11) is 0. The van der Waals surface area contributed by atoms with Crippen molar-refractivity contribution < 1.29 is 19.4 Å². The van der Waals surface area contributed by atoms with Crippen molar-refractivity contribution in [3.63, 3.8) is 0 Å². The van der Waals surface area contributed by atoms with Gasteiger partial charge in [-0.2, -0.15) is 0 Å². The highest BCUT2D eigenvalue weighted by molar-refractivity contribution is 5.87. The third-order valence-corrected chi connectivity index (χ3v) is 3.35. The van der Waals surface area contributed by atoms with Crippen molar-refractivity contribution in [2.75, 3.05) is 13.2 Å². The number of rotatable bonds is 4. The summed E-state index contributed by atoms with van der Waals surface area (Å²) in [5, 5.41) is 8.83. The summed E-state index contributed by atoms with van der Waals surface area (Å²) in [4.78, 5) is 10.8.